The number of hydrazone groups is 1. The standard InChI is InChI=1S/C28H26N6O3S2/c1-33-28(35)38-18-25(31-33)21-9-14-26-22(16-21)4-3-15-34(26)27(20-7-5-19(17-29)6-8-20)30-23-10-12-24(13-11-23)32-39(2,36)37/h5-14,16,32H,3-4,15,18H2,1-2H3/b30-27-. The number of carbonyl (C=O) groups excluding carboxylic acids is 1. The Kier molecular flexibility index (Phi) is 7.41. The summed E-state index contributed by atoms with van der Waals surface area (Å²) in [6.45, 7) is 0.757. The number of thioether (sulfide) groups is 1. The molecule has 3 aromatic carbocycles. The van der Waals surface area contributed by atoms with Crippen LogP contribution in [-0.4, -0.2) is 55.8 Å². The minimum atomic E-state index is -3.38. The van der Waals surface area contributed by atoms with E-state index in [0.29, 0.717) is 22.7 Å². The summed E-state index contributed by atoms with van der Waals surface area (Å²) in [5.41, 5.74) is 6.61. The van der Waals surface area contributed by atoms with Crippen molar-refractivity contribution >= 4 is 55.6 Å². The Hall–Kier alpha value is -4.14. The molecule has 0 fully saturated rings. The first kappa shape index (κ1) is 26.5. The zero-order chi connectivity index (χ0) is 27.6. The van der Waals surface area contributed by atoms with E-state index in [1.165, 1.54) is 22.3 Å². The number of sulfonamides is 1. The Morgan fingerprint density at radius 3 is 2.51 bits per heavy atom. The average Bonchev–Trinajstić information content (AvgIpc) is 2.93. The molecule has 0 spiro atoms. The van der Waals surface area contributed by atoms with Gasteiger partial charge in [-0.1, -0.05) is 17.8 Å². The second-order valence-corrected chi connectivity index (χ2v) is 11.9. The first-order valence-electron chi connectivity index (χ1n) is 12.3. The van der Waals surface area contributed by atoms with Gasteiger partial charge < -0.3 is 4.90 Å². The molecule has 5 rings (SSSR count). The van der Waals surface area contributed by atoms with Crippen molar-refractivity contribution in [2.45, 2.75) is 12.8 Å². The molecule has 198 valence electrons. The molecule has 2 aliphatic heterocycles. The molecular weight excluding hydrogens is 532 g/mol. The number of amidine groups is 1. The van der Waals surface area contributed by atoms with Gasteiger partial charge in [0.25, 0.3) is 0 Å². The van der Waals surface area contributed by atoms with E-state index >= 15 is 0 Å². The third-order valence-electron chi connectivity index (χ3n) is 6.33. The number of amides is 1. The number of benzene rings is 3. The zero-order valence-corrected chi connectivity index (χ0v) is 23.1. The molecule has 1 amide bonds. The number of nitrogens with one attached hydrogen (secondary N) is 1. The SMILES string of the molecule is CN1N=C(c2ccc3c(c2)CCCN3/C(=N\c2ccc(NS(C)(=O)=O)cc2)c2ccc(C#N)cc2)CSC1=O. The third kappa shape index (κ3) is 6.13. The van der Waals surface area contributed by atoms with Crippen LogP contribution in [0.1, 0.15) is 28.7 Å². The molecule has 0 bridgehead atoms. The monoisotopic (exact) mass is 558 g/mol. The van der Waals surface area contributed by atoms with Crippen molar-refractivity contribution in [3.63, 3.8) is 0 Å². The van der Waals surface area contributed by atoms with Crippen LogP contribution in [-0.2, 0) is 16.4 Å². The van der Waals surface area contributed by atoms with E-state index in [2.05, 4.69) is 32.9 Å². The van der Waals surface area contributed by atoms with Crippen molar-refractivity contribution in [3.8, 4) is 6.07 Å². The fraction of sp³-hybridized carbons (Fsp3) is 0.214. The van der Waals surface area contributed by atoms with Crippen molar-refractivity contribution in [1.82, 2.24) is 5.01 Å². The van der Waals surface area contributed by atoms with E-state index in [1.54, 1.807) is 43.4 Å². The van der Waals surface area contributed by atoms with E-state index < -0.39 is 10.0 Å². The number of aryl methyl sites for hydroxylation is 1. The summed E-state index contributed by atoms with van der Waals surface area (Å²) >= 11 is 1.24. The molecule has 0 aliphatic carbocycles. The second-order valence-electron chi connectivity index (χ2n) is 9.27. The normalized spacial score (nSPS) is 15.9. The summed E-state index contributed by atoms with van der Waals surface area (Å²) in [5.74, 6) is 1.27. The molecule has 0 radical (unpaired) electrons. The number of nitriles is 1. The summed E-state index contributed by atoms with van der Waals surface area (Å²) in [5, 5.41) is 15.1. The van der Waals surface area contributed by atoms with Crippen LogP contribution in [0.2, 0.25) is 0 Å². The van der Waals surface area contributed by atoms with Gasteiger partial charge in [-0.15, -0.1) is 0 Å². The molecule has 9 nitrogen and oxygen atoms in total. The highest BCUT2D eigenvalue weighted by Crippen LogP contribution is 2.32. The van der Waals surface area contributed by atoms with Gasteiger partial charge in [0.05, 0.1) is 29.3 Å². The highest BCUT2D eigenvalue weighted by Gasteiger charge is 2.25. The molecule has 2 aliphatic rings. The Bertz CT molecular complexity index is 1630. The van der Waals surface area contributed by atoms with Gasteiger partial charge in [0.1, 0.15) is 5.84 Å². The maximum absolute atomic E-state index is 11.8. The lowest BCUT2D eigenvalue weighted by Gasteiger charge is -2.33. The number of aliphatic imine (C=N–C) groups is 1. The summed E-state index contributed by atoms with van der Waals surface area (Å²) in [6.07, 6.45) is 2.93. The average molecular weight is 559 g/mol. The van der Waals surface area contributed by atoms with Gasteiger partial charge in [-0.2, -0.15) is 10.4 Å². The van der Waals surface area contributed by atoms with E-state index in [4.69, 9.17) is 4.99 Å². The molecule has 11 heteroatoms. The topological polar surface area (TPSA) is 118 Å². The second kappa shape index (κ2) is 10.9. The fourth-order valence-corrected chi connectivity index (χ4v) is 5.80. The van der Waals surface area contributed by atoms with Crippen molar-refractivity contribution in [2.24, 2.45) is 10.1 Å². The Morgan fingerprint density at radius 2 is 1.85 bits per heavy atom. The molecule has 2 heterocycles. The summed E-state index contributed by atoms with van der Waals surface area (Å²) in [7, 11) is -1.71. The fourth-order valence-electron chi connectivity index (χ4n) is 4.53. The Balaban J connectivity index is 1.54. The van der Waals surface area contributed by atoms with Crippen LogP contribution in [0, 0.1) is 11.3 Å². The predicted molar refractivity (Wildman–Crippen MR) is 157 cm³/mol. The van der Waals surface area contributed by atoms with Crippen LogP contribution in [0.25, 0.3) is 0 Å². The van der Waals surface area contributed by atoms with Gasteiger partial charge in [-0.05, 0) is 84.6 Å². The van der Waals surface area contributed by atoms with Crippen LogP contribution >= 0.6 is 11.8 Å². The Morgan fingerprint density at radius 1 is 1.10 bits per heavy atom. The van der Waals surface area contributed by atoms with Gasteiger partial charge in [0, 0.05) is 36.3 Å². The zero-order valence-electron chi connectivity index (χ0n) is 21.5. The van der Waals surface area contributed by atoms with Crippen molar-refractivity contribution in [2.75, 3.05) is 35.2 Å². The van der Waals surface area contributed by atoms with Crippen molar-refractivity contribution in [3.05, 3.63) is 89.0 Å². The van der Waals surface area contributed by atoms with E-state index in [9.17, 15) is 18.5 Å². The lowest BCUT2D eigenvalue weighted by molar-refractivity contribution is 0.235. The number of nitrogens with zero attached hydrogens (tertiary/aromatic N) is 5. The maximum atomic E-state index is 11.8. The molecule has 0 atom stereocenters. The highest BCUT2D eigenvalue weighted by molar-refractivity contribution is 8.14. The molecule has 39 heavy (non-hydrogen) atoms. The van der Waals surface area contributed by atoms with Gasteiger partial charge >= 0.3 is 5.24 Å². The van der Waals surface area contributed by atoms with E-state index in [-0.39, 0.29) is 5.24 Å². The highest BCUT2D eigenvalue weighted by atomic mass is 32.2. The molecular formula is C28H26N6O3S2. The number of hydrogen-bond acceptors (Lipinski definition) is 7. The predicted octanol–water partition coefficient (Wildman–Crippen LogP) is 4.96. The number of hydrogen-bond donors (Lipinski definition) is 1. The molecule has 0 aromatic heterocycles. The van der Waals surface area contributed by atoms with E-state index in [0.717, 1.165) is 54.0 Å². The van der Waals surface area contributed by atoms with Gasteiger partial charge in [0.2, 0.25) is 10.0 Å². The number of fused-ring (bicyclic) bond motifs is 1. The number of anilines is 2. The summed E-state index contributed by atoms with van der Waals surface area (Å²) in [4.78, 5) is 19.0. The maximum Gasteiger partial charge on any atom is 0.301 e. The van der Waals surface area contributed by atoms with Crippen LogP contribution < -0.4 is 9.62 Å². The smallest absolute Gasteiger partial charge is 0.301 e. The largest absolute Gasteiger partial charge is 0.326 e. The van der Waals surface area contributed by atoms with E-state index in [1.807, 2.05) is 18.2 Å². The lowest BCUT2D eigenvalue weighted by atomic mass is 9.96. The number of rotatable bonds is 5. The van der Waals surface area contributed by atoms with Crippen LogP contribution in [0.3, 0.4) is 0 Å². The minimum absolute atomic E-state index is 0.0636. The summed E-state index contributed by atoms with van der Waals surface area (Å²) in [6, 6.07) is 22.6. The van der Waals surface area contributed by atoms with Gasteiger partial charge in [-0.25, -0.2) is 18.4 Å². The van der Waals surface area contributed by atoms with Gasteiger partial charge in [0.15, 0.2) is 0 Å². The van der Waals surface area contributed by atoms with Gasteiger partial charge in [-0.3, -0.25) is 9.52 Å². The summed E-state index contributed by atoms with van der Waals surface area (Å²) < 4.78 is 25.6. The third-order valence-corrected chi connectivity index (χ3v) is 7.87. The van der Waals surface area contributed by atoms with Crippen LogP contribution in [0.4, 0.5) is 21.9 Å². The molecule has 0 saturated carbocycles. The molecule has 0 unspecified atom stereocenters. The van der Waals surface area contributed by atoms with Crippen molar-refractivity contribution in [1.29, 1.82) is 5.26 Å². The lowest BCUT2D eigenvalue weighted by Crippen LogP contribution is -2.36. The van der Waals surface area contributed by atoms with Crippen LogP contribution in [0.5, 0.6) is 0 Å². The Labute approximate surface area is 231 Å². The minimum Gasteiger partial charge on any atom is -0.326 e. The first-order valence-corrected chi connectivity index (χ1v) is 15.1. The molecule has 0 saturated heterocycles. The van der Waals surface area contributed by atoms with Crippen molar-refractivity contribution < 1.29 is 13.2 Å². The number of carbonyl (C=O) groups is 1. The first-order chi connectivity index (χ1) is 18.7. The molecule has 3 aromatic rings. The quantitative estimate of drug-likeness (QED) is 0.349. The molecule has 1 N–H and O–H groups in total. The van der Waals surface area contributed by atoms with Crippen LogP contribution in [0.15, 0.2) is 76.8 Å².